The molecule has 0 spiro atoms. The molecule has 0 atom stereocenters. The predicted octanol–water partition coefficient (Wildman–Crippen LogP) is 2.27. The van der Waals surface area contributed by atoms with Crippen molar-refractivity contribution in [2.45, 2.75) is 28.8 Å². The Labute approximate surface area is 159 Å². The number of aromatic nitrogens is 3. The molecular weight excluding hydrogens is 380 g/mol. The highest BCUT2D eigenvalue weighted by atomic mass is 35.5. The summed E-state index contributed by atoms with van der Waals surface area (Å²) in [6.07, 6.45) is 2.14. The van der Waals surface area contributed by atoms with Crippen LogP contribution in [-0.4, -0.2) is 47.8 Å². The molecule has 0 bridgehead atoms. The van der Waals surface area contributed by atoms with E-state index in [1.807, 2.05) is 17.7 Å². The van der Waals surface area contributed by atoms with Gasteiger partial charge in [-0.1, -0.05) is 30.0 Å². The topological polar surface area (TPSA) is 76.9 Å². The van der Waals surface area contributed by atoms with Crippen LogP contribution in [-0.2, 0) is 16.9 Å². The number of thioether (sulfide) groups is 1. The standard InChI is InChI=1S/C16H22N4O2S2.ClH/c1-20-15(13-7-9-17-10-8-13)18-19-16(20)23-11-12-24(21,22)14-5-3-2-4-6-14;/h2-6,13,17H,7-12H2,1H3;1H. The van der Waals surface area contributed by atoms with Gasteiger partial charge in [-0.25, -0.2) is 8.42 Å². The molecule has 6 nitrogen and oxygen atoms in total. The first-order valence-electron chi connectivity index (χ1n) is 8.08. The van der Waals surface area contributed by atoms with Crippen LogP contribution in [0.1, 0.15) is 24.6 Å². The summed E-state index contributed by atoms with van der Waals surface area (Å²) in [6, 6.07) is 8.58. The monoisotopic (exact) mass is 402 g/mol. The molecule has 0 amide bonds. The summed E-state index contributed by atoms with van der Waals surface area (Å²) in [6.45, 7) is 2.02. The Kier molecular flexibility index (Phi) is 7.30. The molecule has 2 heterocycles. The second-order valence-electron chi connectivity index (χ2n) is 5.90. The normalized spacial score (nSPS) is 15.7. The van der Waals surface area contributed by atoms with Gasteiger partial charge in [-0.05, 0) is 38.1 Å². The van der Waals surface area contributed by atoms with Crippen LogP contribution in [0.4, 0.5) is 0 Å². The molecule has 1 N–H and O–H groups in total. The second-order valence-corrected chi connectivity index (χ2v) is 9.08. The zero-order valence-electron chi connectivity index (χ0n) is 14.1. The summed E-state index contributed by atoms with van der Waals surface area (Å²) >= 11 is 1.45. The van der Waals surface area contributed by atoms with E-state index in [0.29, 0.717) is 16.6 Å². The zero-order valence-corrected chi connectivity index (χ0v) is 16.5. The van der Waals surface area contributed by atoms with E-state index in [2.05, 4.69) is 15.5 Å². The van der Waals surface area contributed by atoms with E-state index < -0.39 is 9.84 Å². The predicted molar refractivity (Wildman–Crippen MR) is 102 cm³/mol. The van der Waals surface area contributed by atoms with E-state index in [1.165, 1.54) is 11.8 Å². The van der Waals surface area contributed by atoms with Crippen molar-refractivity contribution in [1.29, 1.82) is 0 Å². The first-order valence-corrected chi connectivity index (χ1v) is 10.7. The minimum atomic E-state index is -3.24. The maximum atomic E-state index is 12.3. The van der Waals surface area contributed by atoms with Crippen LogP contribution in [0.5, 0.6) is 0 Å². The van der Waals surface area contributed by atoms with Crippen LogP contribution in [0, 0.1) is 0 Å². The molecule has 0 aliphatic carbocycles. The molecule has 1 aliphatic heterocycles. The van der Waals surface area contributed by atoms with Crippen LogP contribution in [0.25, 0.3) is 0 Å². The molecule has 138 valence electrons. The van der Waals surface area contributed by atoms with E-state index in [0.717, 1.165) is 36.9 Å². The van der Waals surface area contributed by atoms with Crippen LogP contribution in [0.2, 0.25) is 0 Å². The second kappa shape index (κ2) is 9.02. The van der Waals surface area contributed by atoms with Crippen LogP contribution < -0.4 is 5.32 Å². The third-order valence-corrected chi connectivity index (χ3v) is 7.27. The van der Waals surface area contributed by atoms with Crippen molar-refractivity contribution in [1.82, 2.24) is 20.1 Å². The molecule has 1 aliphatic rings. The van der Waals surface area contributed by atoms with Crippen molar-refractivity contribution in [2.24, 2.45) is 7.05 Å². The molecule has 25 heavy (non-hydrogen) atoms. The average molecular weight is 403 g/mol. The van der Waals surface area contributed by atoms with Gasteiger partial charge in [0, 0.05) is 18.7 Å². The smallest absolute Gasteiger partial charge is 0.190 e. The number of hydrogen-bond donors (Lipinski definition) is 1. The van der Waals surface area contributed by atoms with Crippen molar-refractivity contribution in [3.8, 4) is 0 Å². The Morgan fingerprint density at radius 2 is 1.88 bits per heavy atom. The quantitative estimate of drug-likeness (QED) is 0.747. The minimum absolute atomic E-state index is 0. The number of benzene rings is 1. The molecule has 1 aromatic carbocycles. The van der Waals surface area contributed by atoms with E-state index >= 15 is 0 Å². The number of piperidine rings is 1. The number of nitrogens with zero attached hydrogens (tertiary/aromatic N) is 3. The fraction of sp³-hybridized carbons (Fsp3) is 0.500. The number of rotatable bonds is 6. The Bertz CT molecular complexity index is 775. The van der Waals surface area contributed by atoms with Crippen LogP contribution >= 0.6 is 24.2 Å². The maximum absolute atomic E-state index is 12.3. The summed E-state index contributed by atoms with van der Waals surface area (Å²) in [5.74, 6) is 2.00. The Morgan fingerprint density at radius 1 is 1.20 bits per heavy atom. The van der Waals surface area contributed by atoms with Gasteiger partial charge in [-0.2, -0.15) is 0 Å². The number of halogens is 1. The van der Waals surface area contributed by atoms with Gasteiger partial charge in [0.1, 0.15) is 5.82 Å². The highest BCUT2D eigenvalue weighted by molar-refractivity contribution is 8.00. The molecular formula is C16H23ClN4O2S2. The average Bonchev–Trinajstić information content (AvgIpc) is 2.97. The van der Waals surface area contributed by atoms with Crippen molar-refractivity contribution in [3.63, 3.8) is 0 Å². The van der Waals surface area contributed by atoms with Crippen molar-refractivity contribution in [2.75, 3.05) is 24.6 Å². The fourth-order valence-electron chi connectivity index (χ4n) is 2.88. The van der Waals surface area contributed by atoms with Gasteiger partial charge in [0.15, 0.2) is 15.0 Å². The van der Waals surface area contributed by atoms with E-state index in [-0.39, 0.29) is 18.2 Å². The molecule has 2 aromatic rings. The van der Waals surface area contributed by atoms with Crippen LogP contribution in [0.15, 0.2) is 40.4 Å². The summed E-state index contributed by atoms with van der Waals surface area (Å²) in [5.41, 5.74) is 0. The summed E-state index contributed by atoms with van der Waals surface area (Å²) < 4.78 is 26.6. The lowest BCUT2D eigenvalue weighted by Crippen LogP contribution is -2.27. The van der Waals surface area contributed by atoms with E-state index in [1.54, 1.807) is 24.3 Å². The van der Waals surface area contributed by atoms with Gasteiger partial charge in [-0.3, -0.25) is 0 Å². The number of hydrogen-bond acceptors (Lipinski definition) is 6. The lowest BCUT2D eigenvalue weighted by Gasteiger charge is -2.21. The van der Waals surface area contributed by atoms with Gasteiger partial charge in [0.25, 0.3) is 0 Å². The third-order valence-electron chi connectivity index (χ3n) is 4.26. The molecule has 1 fully saturated rings. The molecule has 0 radical (unpaired) electrons. The molecule has 1 aromatic heterocycles. The first kappa shape index (κ1) is 20.2. The van der Waals surface area contributed by atoms with Gasteiger partial charge >= 0.3 is 0 Å². The highest BCUT2D eigenvalue weighted by Crippen LogP contribution is 2.26. The lowest BCUT2D eigenvalue weighted by atomic mass is 9.97. The fourth-order valence-corrected chi connectivity index (χ4v) is 5.46. The van der Waals surface area contributed by atoms with Crippen molar-refractivity contribution < 1.29 is 8.42 Å². The first-order chi connectivity index (χ1) is 11.6. The van der Waals surface area contributed by atoms with E-state index in [4.69, 9.17) is 0 Å². The molecule has 9 heteroatoms. The molecule has 0 unspecified atom stereocenters. The van der Waals surface area contributed by atoms with Crippen molar-refractivity contribution in [3.05, 3.63) is 36.2 Å². The minimum Gasteiger partial charge on any atom is -0.317 e. The summed E-state index contributed by atoms with van der Waals surface area (Å²) in [5, 5.41) is 12.7. The van der Waals surface area contributed by atoms with Gasteiger partial charge < -0.3 is 9.88 Å². The molecule has 3 rings (SSSR count). The van der Waals surface area contributed by atoms with E-state index in [9.17, 15) is 8.42 Å². The highest BCUT2D eigenvalue weighted by Gasteiger charge is 2.22. The largest absolute Gasteiger partial charge is 0.317 e. The van der Waals surface area contributed by atoms with Crippen LogP contribution in [0.3, 0.4) is 0 Å². The van der Waals surface area contributed by atoms with Gasteiger partial charge in [-0.15, -0.1) is 22.6 Å². The molecule has 1 saturated heterocycles. The zero-order chi connectivity index (χ0) is 17.0. The Balaban J connectivity index is 0.00000225. The third kappa shape index (κ3) is 4.97. The molecule has 0 saturated carbocycles. The summed E-state index contributed by atoms with van der Waals surface area (Å²) in [7, 11) is -1.28. The van der Waals surface area contributed by atoms with Gasteiger partial charge in [0.2, 0.25) is 0 Å². The SMILES string of the molecule is Cl.Cn1c(SCCS(=O)(=O)c2ccccc2)nnc1C1CCNCC1. The lowest BCUT2D eigenvalue weighted by molar-refractivity contribution is 0.434. The number of sulfone groups is 1. The Morgan fingerprint density at radius 3 is 2.56 bits per heavy atom. The van der Waals surface area contributed by atoms with Crippen molar-refractivity contribution >= 4 is 34.0 Å². The summed E-state index contributed by atoms with van der Waals surface area (Å²) in [4.78, 5) is 0.374. The Hall–Kier alpha value is -1.09. The number of nitrogens with one attached hydrogen (secondary N) is 1. The van der Waals surface area contributed by atoms with Gasteiger partial charge in [0.05, 0.1) is 10.6 Å². The maximum Gasteiger partial charge on any atom is 0.190 e.